The van der Waals surface area contributed by atoms with Crippen molar-refractivity contribution >= 4 is 21.6 Å². The van der Waals surface area contributed by atoms with E-state index >= 15 is 0 Å². The van der Waals surface area contributed by atoms with Gasteiger partial charge in [0.15, 0.2) is 11.6 Å². The fraction of sp³-hybridized carbons (Fsp3) is 0.389. The van der Waals surface area contributed by atoms with Gasteiger partial charge in [-0.15, -0.1) is 0 Å². The lowest BCUT2D eigenvalue weighted by molar-refractivity contribution is 0.130. The molecule has 0 amide bonds. The topological polar surface area (TPSA) is 68.7 Å². The number of sulfonamides is 1. The summed E-state index contributed by atoms with van der Waals surface area (Å²) in [6.07, 6.45) is 4.01. The number of piperidine rings is 1. The van der Waals surface area contributed by atoms with Crippen LogP contribution in [0.15, 0.2) is 41.6 Å². The standard InChI is InChI=1S/C18H20ClFN2O4S/c1-2-25-18-6-5-14(10-16(18)20)27(23,24)22-9-3-4-13(12-22)26-17-7-8-21-11-15(17)19/h5-8,10-11,13H,2-4,9,12H2,1H3. The normalized spacial score (nSPS) is 18.3. The van der Waals surface area contributed by atoms with Crippen molar-refractivity contribution in [3.8, 4) is 11.5 Å². The zero-order valence-corrected chi connectivity index (χ0v) is 16.3. The van der Waals surface area contributed by atoms with Crippen molar-refractivity contribution in [1.29, 1.82) is 0 Å². The van der Waals surface area contributed by atoms with Gasteiger partial charge in [-0.1, -0.05) is 11.6 Å². The Bertz CT molecular complexity index is 910. The summed E-state index contributed by atoms with van der Waals surface area (Å²) in [4.78, 5) is 3.79. The maximum Gasteiger partial charge on any atom is 0.243 e. The van der Waals surface area contributed by atoms with Crippen LogP contribution in [-0.4, -0.2) is 43.5 Å². The highest BCUT2D eigenvalue weighted by Crippen LogP contribution is 2.28. The Morgan fingerprint density at radius 3 is 2.85 bits per heavy atom. The molecule has 0 spiro atoms. The first-order chi connectivity index (χ1) is 12.9. The van der Waals surface area contributed by atoms with E-state index in [-0.39, 0.29) is 23.3 Å². The predicted molar refractivity (Wildman–Crippen MR) is 99.2 cm³/mol. The van der Waals surface area contributed by atoms with Gasteiger partial charge in [0.2, 0.25) is 10.0 Å². The summed E-state index contributed by atoms with van der Waals surface area (Å²) < 4.78 is 52.2. The molecular formula is C18H20ClFN2O4S. The van der Waals surface area contributed by atoms with Crippen molar-refractivity contribution in [3.05, 3.63) is 47.5 Å². The Balaban J connectivity index is 1.76. The maximum atomic E-state index is 14.1. The molecule has 1 aliphatic rings. The molecule has 3 rings (SSSR count). The Labute approximate surface area is 162 Å². The quantitative estimate of drug-likeness (QED) is 0.723. The highest BCUT2D eigenvalue weighted by Gasteiger charge is 2.32. The van der Waals surface area contributed by atoms with E-state index in [2.05, 4.69) is 4.98 Å². The zero-order chi connectivity index (χ0) is 19.4. The van der Waals surface area contributed by atoms with Crippen molar-refractivity contribution in [3.63, 3.8) is 0 Å². The van der Waals surface area contributed by atoms with Crippen LogP contribution in [0, 0.1) is 5.82 Å². The second-order valence-electron chi connectivity index (χ2n) is 6.08. The molecule has 0 radical (unpaired) electrons. The van der Waals surface area contributed by atoms with Crippen molar-refractivity contribution in [2.45, 2.75) is 30.8 Å². The lowest BCUT2D eigenvalue weighted by Gasteiger charge is -2.32. The SMILES string of the molecule is CCOc1ccc(S(=O)(=O)N2CCCC(Oc3ccncc3Cl)C2)cc1F. The average molecular weight is 415 g/mol. The molecule has 0 bridgehead atoms. The smallest absolute Gasteiger partial charge is 0.243 e. The number of pyridine rings is 1. The first kappa shape index (κ1) is 19.9. The van der Waals surface area contributed by atoms with Gasteiger partial charge in [-0.25, -0.2) is 12.8 Å². The Morgan fingerprint density at radius 2 is 2.15 bits per heavy atom. The molecule has 146 valence electrons. The van der Waals surface area contributed by atoms with Crippen molar-refractivity contribution in [1.82, 2.24) is 9.29 Å². The fourth-order valence-electron chi connectivity index (χ4n) is 2.92. The first-order valence-corrected chi connectivity index (χ1v) is 10.4. The molecule has 1 saturated heterocycles. The molecule has 1 unspecified atom stereocenters. The van der Waals surface area contributed by atoms with E-state index in [0.29, 0.717) is 36.8 Å². The van der Waals surface area contributed by atoms with Crippen LogP contribution >= 0.6 is 11.6 Å². The molecule has 1 aliphatic heterocycles. The van der Waals surface area contributed by atoms with Crippen LogP contribution in [0.4, 0.5) is 4.39 Å². The summed E-state index contributed by atoms with van der Waals surface area (Å²) in [6.45, 7) is 2.54. The number of hydrogen-bond donors (Lipinski definition) is 0. The molecule has 1 fully saturated rings. The number of hydrogen-bond acceptors (Lipinski definition) is 5. The minimum absolute atomic E-state index is 0.0311. The molecule has 1 aromatic heterocycles. The van der Waals surface area contributed by atoms with Crippen molar-refractivity contribution in [2.75, 3.05) is 19.7 Å². The first-order valence-electron chi connectivity index (χ1n) is 8.60. The van der Waals surface area contributed by atoms with Crippen molar-refractivity contribution in [2.24, 2.45) is 0 Å². The predicted octanol–water partition coefficient (Wildman–Crippen LogP) is 3.50. The third-order valence-electron chi connectivity index (χ3n) is 4.21. The van der Waals surface area contributed by atoms with Crippen molar-refractivity contribution < 1.29 is 22.3 Å². The van der Waals surface area contributed by atoms with Gasteiger partial charge in [0.05, 0.1) is 18.0 Å². The molecule has 9 heteroatoms. The van der Waals surface area contributed by atoms with Crippen LogP contribution in [0.3, 0.4) is 0 Å². The molecule has 6 nitrogen and oxygen atoms in total. The summed E-state index contributed by atoms with van der Waals surface area (Å²) in [5.74, 6) is -0.210. The van der Waals surface area contributed by atoms with Crippen LogP contribution < -0.4 is 9.47 Å². The highest BCUT2D eigenvalue weighted by molar-refractivity contribution is 7.89. The summed E-state index contributed by atoms with van der Waals surface area (Å²) in [5, 5.41) is 0.367. The third-order valence-corrected chi connectivity index (χ3v) is 6.36. The monoisotopic (exact) mass is 414 g/mol. The maximum absolute atomic E-state index is 14.1. The van der Waals surface area contributed by atoms with Crippen LogP contribution in [0.2, 0.25) is 5.02 Å². The molecule has 1 atom stereocenters. The van der Waals surface area contributed by atoms with Gasteiger partial charge >= 0.3 is 0 Å². The van der Waals surface area contributed by atoms with E-state index < -0.39 is 15.8 Å². The Hall–Kier alpha value is -1.90. The van der Waals surface area contributed by atoms with E-state index in [4.69, 9.17) is 21.1 Å². The average Bonchev–Trinajstić information content (AvgIpc) is 2.65. The summed E-state index contributed by atoms with van der Waals surface area (Å²) in [7, 11) is -3.84. The number of rotatable bonds is 6. The fourth-order valence-corrected chi connectivity index (χ4v) is 4.61. The lowest BCUT2D eigenvalue weighted by Crippen LogP contribution is -2.44. The van der Waals surface area contributed by atoms with Gasteiger partial charge in [0.1, 0.15) is 16.9 Å². The van der Waals surface area contributed by atoms with Gasteiger partial charge in [-0.3, -0.25) is 4.98 Å². The molecule has 0 aliphatic carbocycles. The Kier molecular flexibility index (Phi) is 6.18. The number of benzene rings is 1. The molecule has 0 saturated carbocycles. The highest BCUT2D eigenvalue weighted by atomic mass is 35.5. The van der Waals surface area contributed by atoms with E-state index in [0.717, 1.165) is 6.07 Å². The number of halogens is 2. The zero-order valence-electron chi connectivity index (χ0n) is 14.8. The Morgan fingerprint density at radius 1 is 1.33 bits per heavy atom. The number of ether oxygens (including phenoxy) is 2. The van der Waals surface area contributed by atoms with Crippen LogP contribution in [0.5, 0.6) is 11.5 Å². The summed E-state index contributed by atoms with van der Waals surface area (Å²) >= 11 is 6.05. The van der Waals surface area contributed by atoms with Gasteiger partial charge in [0.25, 0.3) is 0 Å². The van der Waals surface area contributed by atoms with E-state index in [9.17, 15) is 12.8 Å². The lowest BCUT2D eigenvalue weighted by atomic mass is 10.1. The van der Waals surface area contributed by atoms with Crippen LogP contribution in [0.25, 0.3) is 0 Å². The molecule has 27 heavy (non-hydrogen) atoms. The minimum atomic E-state index is -3.84. The van der Waals surface area contributed by atoms with Gasteiger partial charge in [-0.05, 0) is 38.0 Å². The molecule has 2 aromatic rings. The number of aromatic nitrogens is 1. The van der Waals surface area contributed by atoms with Crippen LogP contribution in [0.1, 0.15) is 19.8 Å². The second-order valence-corrected chi connectivity index (χ2v) is 8.42. The van der Waals surface area contributed by atoms with Gasteiger partial charge in [-0.2, -0.15) is 4.31 Å². The van der Waals surface area contributed by atoms with E-state index in [1.165, 1.54) is 22.6 Å². The van der Waals surface area contributed by atoms with E-state index in [1.54, 1.807) is 19.2 Å². The minimum Gasteiger partial charge on any atom is -0.491 e. The molecule has 1 aromatic carbocycles. The second kappa shape index (κ2) is 8.41. The third kappa shape index (κ3) is 4.51. The largest absolute Gasteiger partial charge is 0.491 e. The summed E-state index contributed by atoms with van der Waals surface area (Å²) in [5.41, 5.74) is 0. The van der Waals surface area contributed by atoms with E-state index in [1.807, 2.05) is 0 Å². The van der Waals surface area contributed by atoms with Crippen LogP contribution in [-0.2, 0) is 10.0 Å². The molecule has 2 heterocycles. The van der Waals surface area contributed by atoms with Gasteiger partial charge < -0.3 is 9.47 Å². The summed E-state index contributed by atoms with van der Waals surface area (Å²) in [6, 6.07) is 5.32. The molecular weight excluding hydrogens is 395 g/mol. The number of nitrogens with zero attached hydrogens (tertiary/aromatic N) is 2. The van der Waals surface area contributed by atoms with Gasteiger partial charge in [0, 0.05) is 25.0 Å². The molecule has 0 N–H and O–H groups in total.